The predicted molar refractivity (Wildman–Crippen MR) is 100 cm³/mol. The van der Waals surface area contributed by atoms with Crippen molar-refractivity contribution in [3.05, 3.63) is 93.5 Å². The van der Waals surface area contributed by atoms with E-state index in [-0.39, 0.29) is 22.4 Å². The van der Waals surface area contributed by atoms with Crippen molar-refractivity contribution in [3.8, 4) is 11.1 Å². The number of carbonyl (C=O) groups is 3. The largest absolute Gasteiger partial charge is 0.545 e. The number of hydrogen-bond acceptors (Lipinski definition) is 6. The Labute approximate surface area is 163 Å². The molecule has 8 heteroatoms. The molecule has 29 heavy (non-hydrogen) atoms. The molecule has 0 unspecified atom stereocenters. The molecule has 0 aromatic heterocycles. The van der Waals surface area contributed by atoms with Crippen LogP contribution in [0.1, 0.15) is 31.1 Å². The molecule has 8 nitrogen and oxygen atoms in total. The Morgan fingerprint density at radius 1 is 0.828 bits per heavy atom. The van der Waals surface area contributed by atoms with E-state index in [0.717, 1.165) is 4.90 Å². The van der Waals surface area contributed by atoms with Gasteiger partial charge in [0.1, 0.15) is 5.56 Å². The summed E-state index contributed by atoms with van der Waals surface area (Å²) >= 11 is 0. The van der Waals surface area contributed by atoms with Crippen LogP contribution in [0.25, 0.3) is 11.1 Å². The van der Waals surface area contributed by atoms with Crippen molar-refractivity contribution < 1.29 is 24.4 Å². The summed E-state index contributed by atoms with van der Waals surface area (Å²) in [5.41, 5.74) is 0.511. The van der Waals surface area contributed by atoms with E-state index in [1.807, 2.05) is 0 Å². The van der Waals surface area contributed by atoms with Gasteiger partial charge in [-0.1, -0.05) is 42.5 Å². The standard InChI is InChI=1S/C21H12N2O6/c24-19-16-6-3-7-17(23(28)29)18(16)20(25)22(19)13-10-8-12(9-11-13)14-4-1-2-5-15(14)21(26)27/h1-11H,(H,26,27)/p-1. The number of carbonyl (C=O) groups excluding carboxylic acids is 3. The van der Waals surface area contributed by atoms with Gasteiger partial charge in [0.25, 0.3) is 17.5 Å². The highest BCUT2D eigenvalue weighted by Crippen LogP contribution is 2.35. The molecule has 0 saturated carbocycles. The number of amides is 2. The maximum atomic E-state index is 12.7. The number of hydrogen-bond donors (Lipinski definition) is 0. The first kappa shape index (κ1) is 18.1. The number of anilines is 1. The van der Waals surface area contributed by atoms with E-state index in [4.69, 9.17) is 0 Å². The van der Waals surface area contributed by atoms with Crippen LogP contribution in [0.15, 0.2) is 66.7 Å². The van der Waals surface area contributed by atoms with Crippen molar-refractivity contribution in [2.45, 2.75) is 0 Å². The van der Waals surface area contributed by atoms with E-state index in [1.54, 1.807) is 30.3 Å². The third kappa shape index (κ3) is 2.83. The van der Waals surface area contributed by atoms with Gasteiger partial charge in [0, 0.05) is 11.6 Å². The predicted octanol–water partition coefficient (Wildman–Crippen LogP) is 2.43. The second-order valence-electron chi connectivity index (χ2n) is 6.28. The second-order valence-corrected chi connectivity index (χ2v) is 6.28. The molecule has 0 radical (unpaired) electrons. The van der Waals surface area contributed by atoms with Crippen LogP contribution in [0.3, 0.4) is 0 Å². The zero-order valence-corrected chi connectivity index (χ0v) is 14.7. The van der Waals surface area contributed by atoms with Crippen LogP contribution in [-0.4, -0.2) is 22.7 Å². The third-order valence-corrected chi connectivity index (χ3v) is 4.67. The molecule has 1 heterocycles. The summed E-state index contributed by atoms with van der Waals surface area (Å²) in [7, 11) is 0. The number of nitrogens with zero attached hydrogens (tertiary/aromatic N) is 2. The van der Waals surface area contributed by atoms with Crippen LogP contribution in [-0.2, 0) is 0 Å². The van der Waals surface area contributed by atoms with Crippen LogP contribution in [0.2, 0.25) is 0 Å². The molecule has 3 aromatic carbocycles. The zero-order valence-electron chi connectivity index (χ0n) is 14.7. The van der Waals surface area contributed by atoms with Gasteiger partial charge in [-0.2, -0.15) is 0 Å². The van der Waals surface area contributed by atoms with E-state index < -0.39 is 28.4 Å². The third-order valence-electron chi connectivity index (χ3n) is 4.67. The number of carboxylic acid groups (broad SMARTS) is 1. The Kier molecular flexibility index (Phi) is 4.16. The van der Waals surface area contributed by atoms with Crippen molar-refractivity contribution in [1.82, 2.24) is 0 Å². The molecule has 4 rings (SSSR count). The Morgan fingerprint density at radius 3 is 2.14 bits per heavy atom. The summed E-state index contributed by atoms with van der Waals surface area (Å²) in [4.78, 5) is 48.1. The second kappa shape index (κ2) is 6.68. The van der Waals surface area contributed by atoms with E-state index in [0.29, 0.717) is 11.1 Å². The lowest BCUT2D eigenvalue weighted by Gasteiger charge is -2.15. The first-order valence-electron chi connectivity index (χ1n) is 8.47. The van der Waals surface area contributed by atoms with Gasteiger partial charge in [0.2, 0.25) is 0 Å². The lowest BCUT2D eigenvalue weighted by molar-refractivity contribution is -0.385. The molecular formula is C21H11N2O6-. The first-order valence-corrected chi connectivity index (χ1v) is 8.47. The lowest BCUT2D eigenvalue weighted by Crippen LogP contribution is -2.29. The normalized spacial score (nSPS) is 12.8. The molecule has 2 amide bonds. The average molecular weight is 387 g/mol. The SMILES string of the molecule is O=C([O-])c1ccccc1-c1ccc(N2C(=O)c3cccc([N+](=O)[O-])c3C2=O)cc1. The van der Waals surface area contributed by atoms with E-state index in [2.05, 4.69) is 0 Å². The maximum Gasteiger partial charge on any atom is 0.283 e. The number of aromatic carboxylic acids is 1. The van der Waals surface area contributed by atoms with Crippen LogP contribution in [0.5, 0.6) is 0 Å². The van der Waals surface area contributed by atoms with Gasteiger partial charge in [-0.05, 0) is 29.3 Å². The highest BCUT2D eigenvalue weighted by molar-refractivity contribution is 6.35. The molecule has 0 aliphatic carbocycles. The summed E-state index contributed by atoms with van der Waals surface area (Å²) in [5, 5.41) is 22.5. The van der Waals surface area contributed by atoms with Gasteiger partial charge in [-0.3, -0.25) is 19.7 Å². The molecule has 142 valence electrons. The zero-order chi connectivity index (χ0) is 20.7. The number of imide groups is 1. The molecule has 0 spiro atoms. The molecule has 1 aliphatic heterocycles. The summed E-state index contributed by atoms with van der Waals surface area (Å²) in [6.07, 6.45) is 0. The smallest absolute Gasteiger partial charge is 0.283 e. The number of fused-ring (bicyclic) bond motifs is 1. The molecule has 0 atom stereocenters. The Balaban J connectivity index is 1.74. The highest BCUT2D eigenvalue weighted by Gasteiger charge is 2.41. The van der Waals surface area contributed by atoms with Crippen LogP contribution in [0.4, 0.5) is 11.4 Å². The van der Waals surface area contributed by atoms with Crippen LogP contribution >= 0.6 is 0 Å². The number of rotatable bonds is 4. The monoisotopic (exact) mass is 387 g/mol. The summed E-state index contributed by atoms with van der Waals surface area (Å²) in [5.74, 6) is -2.76. The molecule has 0 saturated heterocycles. The fraction of sp³-hybridized carbons (Fsp3) is 0. The van der Waals surface area contributed by atoms with Crippen molar-refractivity contribution in [2.75, 3.05) is 4.90 Å². The lowest BCUT2D eigenvalue weighted by atomic mass is 9.99. The highest BCUT2D eigenvalue weighted by atomic mass is 16.6. The van der Waals surface area contributed by atoms with Crippen LogP contribution < -0.4 is 10.0 Å². The first-order chi connectivity index (χ1) is 13.9. The summed E-state index contributed by atoms with van der Waals surface area (Å²) < 4.78 is 0. The number of nitro benzene ring substituents is 1. The fourth-order valence-corrected chi connectivity index (χ4v) is 3.36. The van der Waals surface area contributed by atoms with Crippen LogP contribution in [0, 0.1) is 10.1 Å². The van der Waals surface area contributed by atoms with Crippen molar-refractivity contribution in [3.63, 3.8) is 0 Å². The molecule has 1 aliphatic rings. The molecule has 0 fully saturated rings. The number of carboxylic acids is 1. The van der Waals surface area contributed by atoms with E-state index in [1.165, 1.54) is 36.4 Å². The molecule has 3 aromatic rings. The maximum absolute atomic E-state index is 12.7. The minimum absolute atomic E-state index is 0.0107. The van der Waals surface area contributed by atoms with Gasteiger partial charge in [-0.15, -0.1) is 0 Å². The van der Waals surface area contributed by atoms with Gasteiger partial charge < -0.3 is 9.90 Å². The van der Waals surface area contributed by atoms with Crippen molar-refractivity contribution in [2.24, 2.45) is 0 Å². The Hall–Kier alpha value is -4.33. The number of nitro groups is 1. The molecule has 0 bridgehead atoms. The molecular weight excluding hydrogens is 376 g/mol. The van der Waals surface area contributed by atoms with E-state index >= 15 is 0 Å². The number of benzene rings is 3. The van der Waals surface area contributed by atoms with Crippen molar-refractivity contribution in [1.29, 1.82) is 0 Å². The summed E-state index contributed by atoms with van der Waals surface area (Å²) in [6, 6.07) is 16.3. The Morgan fingerprint density at radius 2 is 1.48 bits per heavy atom. The Bertz CT molecular complexity index is 1200. The van der Waals surface area contributed by atoms with Gasteiger partial charge in [0.15, 0.2) is 0 Å². The van der Waals surface area contributed by atoms with E-state index in [9.17, 15) is 29.6 Å². The average Bonchev–Trinajstić information content (AvgIpc) is 2.98. The minimum Gasteiger partial charge on any atom is -0.545 e. The fourth-order valence-electron chi connectivity index (χ4n) is 3.36. The quantitative estimate of drug-likeness (QED) is 0.385. The minimum atomic E-state index is -1.32. The van der Waals surface area contributed by atoms with Gasteiger partial charge >= 0.3 is 0 Å². The summed E-state index contributed by atoms with van der Waals surface area (Å²) in [6.45, 7) is 0. The topological polar surface area (TPSA) is 121 Å². The van der Waals surface area contributed by atoms with Gasteiger partial charge in [0.05, 0.1) is 22.1 Å². The van der Waals surface area contributed by atoms with Gasteiger partial charge in [-0.25, -0.2) is 4.90 Å². The van der Waals surface area contributed by atoms with Crippen molar-refractivity contribution >= 4 is 29.2 Å². The molecule has 0 N–H and O–H groups in total.